The van der Waals surface area contributed by atoms with Crippen molar-refractivity contribution < 1.29 is 24.2 Å². The van der Waals surface area contributed by atoms with E-state index in [9.17, 15) is 14.7 Å². The third kappa shape index (κ3) is 5.79. The summed E-state index contributed by atoms with van der Waals surface area (Å²) in [6, 6.07) is 12.5. The Morgan fingerprint density at radius 3 is 2.53 bits per heavy atom. The number of aromatic hydroxyl groups is 1. The lowest BCUT2D eigenvalue weighted by Gasteiger charge is -2.12. The quantitative estimate of drug-likeness (QED) is 0.400. The fraction of sp³-hybridized carbons (Fsp3) is 0.136. The van der Waals surface area contributed by atoms with Crippen LogP contribution in [0.3, 0.4) is 0 Å². The number of anilines is 1. The first-order chi connectivity index (χ1) is 15.4. The maximum atomic E-state index is 12.2. The fourth-order valence-corrected chi connectivity index (χ4v) is 2.92. The predicted molar refractivity (Wildman–Crippen MR) is 120 cm³/mol. The van der Waals surface area contributed by atoms with Crippen molar-refractivity contribution in [1.29, 1.82) is 0 Å². The van der Waals surface area contributed by atoms with Gasteiger partial charge in [-0.05, 0) is 23.8 Å². The molecule has 0 unspecified atom stereocenters. The zero-order valence-corrected chi connectivity index (χ0v) is 18.1. The molecule has 9 nitrogen and oxygen atoms in total. The second-order valence-corrected chi connectivity index (χ2v) is 6.92. The Kier molecular flexibility index (Phi) is 7.35. The lowest BCUT2D eigenvalue weighted by atomic mass is 10.2. The number of phenols is 1. The van der Waals surface area contributed by atoms with Crippen molar-refractivity contribution in [2.45, 2.75) is 6.54 Å². The van der Waals surface area contributed by atoms with Crippen molar-refractivity contribution in [2.75, 3.05) is 19.5 Å². The predicted octanol–water partition coefficient (Wildman–Crippen LogP) is 3.92. The summed E-state index contributed by atoms with van der Waals surface area (Å²) in [5.41, 5.74) is 1.24. The van der Waals surface area contributed by atoms with Crippen LogP contribution in [0.2, 0.25) is 5.02 Å². The van der Waals surface area contributed by atoms with Crippen LogP contribution in [0, 0.1) is 0 Å². The number of aromatic nitrogens is 1. The number of ether oxygens (including phenoxy) is 2. The number of carbonyl (C=O) groups excluding carboxylic acids is 2. The van der Waals surface area contributed by atoms with Crippen LogP contribution in [0.5, 0.6) is 23.0 Å². The van der Waals surface area contributed by atoms with E-state index in [-0.39, 0.29) is 34.6 Å². The van der Waals surface area contributed by atoms with E-state index in [1.807, 2.05) is 0 Å². The van der Waals surface area contributed by atoms with Gasteiger partial charge in [0.05, 0.1) is 17.8 Å². The first-order valence-corrected chi connectivity index (χ1v) is 9.83. The number of halogens is 1. The number of pyridine rings is 1. The van der Waals surface area contributed by atoms with Crippen LogP contribution in [0.1, 0.15) is 16.1 Å². The molecule has 2 aromatic carbocycles. The monoisotopic (exact) mass is 456 g/mol. The van der Waals surface area contributed by atoms with E-state index in [2.05, 4.69) is 20.9 Å². The molecule has 0 aliphatic heterocycles. The second kappa shape index (κ2) is 10.4. The van der Waals surface area contributed by atoms with E-state index in [1.54, 1.807) is 36.4 Å². The number of nitrogens with one attached hydrogen (secondary N) is 3. The van der Waals surface area contributed by atoms with Crippen LogP contribution < -0.4 is 25.4 Å². The van der Waals surface area contributed by atoms with Gasteiger partial charge in [-0.25, -0.2) is 4.79 Å². The minimum absolute atomic E-state index is 0.168. The Labute approximate surface area is 189 Å². The minimum atomic E-state index is -0.511. The molecule has 3 aromatic rings. The number of methoxy groups -OCH3 is 1. The SMILES string of the molecule is CNC(=O)c1cc(Oc2ccc(CNC(=O)Nc3cc(OC)c(Cl)cc3O)cc2)ccn1. The molecule has 10 heteroatoms. The summed E-state index contributed by atoms with van der Waals surface area (Å²) in [7, 11) is 2.96. The number of nitrogens with zero attached hydrogens (tertiary/aromatic N) is 1. The average Bonchev–Trinajstić information content (AvgIpc) is 2.80. The molecule has 0 aliphatic rings. The maximum absolute atomic E-state index is 12.2. The molecule has 32 heavy (non-hydrogen) atoms. The van der Waals surface area contributed by atoms with E-state index >= 15 is 0 Å². The highest BCUT2D eigenvalue weighted by Crippen LogP contribution is 2.35. The van der Waals surface area contributed by atoms with Gasteiger partial charge in [-0.3, -0.25) is 9.78 Å². The lowest BCUT2D eigenvalue weighted by Crippen LogP contribution is -2.28. The highest BCUT2D eigenvalue weighted by atomic mass is 35.5. The van der Waals surface area contributed by atoms with Crippen molar-refractivity contribution in [2.24, 2.45) is 0 Å². The molecule has 4 N–H and O–H groups in total. The van der Waals surface area contributed by atoms with Gasteiger partial charge in [0.1, 0.15) is 28.7 Å². The molecule has 0 saturated carbocycles. The molecule has 1 aromatic heterocycles. The lowest BCUT2D eigenvalue weighted by molar-refractivity contribution is 0.0957. The van der Waals surface area contributed by atoms with Crippen molar-refractivity contribution in [3.63, 3.8) is 0 Å². The van der Waals surface area contributed by atoms with Crippen molar-refractivity contribution >= 4 is 29.2 Å². The molecule has 3 amide bonds. The Bertz CT molecular complexity index is 1120. The number of rotatable bonds is 7. The van der Waals surface area contributed by atoms with Gasteiger partial charge in [-0.2, -0.15) is 0 Å². The number of urea groups is 1. The molecule has 3 rings (SSSR count). The van der Waals surface area contributed by atoms with Gasteiger partial charge >= 0.3 is 6.03 Å². The number of hydrogen-bond acceptors (Lipinski definition) is 6. The first-order valence-electron chi connectivity index (χ1n) is 9.46. The summed E-state index contributed by atoms with van der Waals surface area (Å²) in [6.45, 7) is 0.244. The third-order valence-electron chi connectivity index (χ3n) is 4.32. The Balaban J connectivity index is 1.56. The van der Waals surface area contributed by atoms with Crippen molar-refractivity contribution in [3.8, 4) is 23.0 Å². The number of phenolic OH excluding ortho intramolecular Hbond substituents is 1. The van der Waals surface area contributed by atoms with E-state index in [0.29, 0.717) is 17.2 Å². The largest absolute Gasteiger partial charge is 0.506 e. The van der Waals surface area contributed by atoms with Gasteiger partial charge in [0, 0.05) is 38.0 Å². The number of amides is 3. The van der Waals surface area contributed by atoms with Crippen LogP contribution in [0.15, 0.2) is 54.7 Å². The Morgan fingerprint density at radius 2 is 1.84 bits per heavy atom. The zero-order chi connectivity index (χ0) is 23.1. The number of benzene rings is 2. The minimum Gasteiger partial charge on any atom is -0.506 e. The topological polar surface area (TPSA) is 122 Å². The van der Waals surface area contributed by atoms with Crippen LogP contribution >= 0.6 is 11.6 Å². The molecular weight excluding hydrogens is 436 g/mol. The molecule has 0 fully saturated rings. The maximum Gasteiger partial charge on any atom is 0.319 e. The molecular formula is C22H21ClN4O5. The molecule has 0 aliphatic carbocycles. The fourth-order valence-electron chi connectivity index (χ4n) is 2.69. The molecule has 0 saturated heterocycles. The van der Waals surface area contributed by atoms with Crippen molar-refractivity contribution in [3.05, 3.63) is 71.0 Å². The molecule has 166 valence electrons. The van der Waals surface area contributed by atoms with Gasteiger partial charge in [-0.1, -0.05) is 23.7 Å². The first kappa shape index (κ1) is 22.7. The average molecular weight is 457 g/mol. The molecule has 1 heterocycles. The number of carbonyl (C=O) groups is 2. The third-order valence-corrected chi connectivity index (χ3v) is 4.62. The summed E-state index contributed by atoms with van der Waals surface area (Å²) in [5.74, 6) is 0.878. The highest BCUT2D eigenvalue weighted by Gasteiger charge is 2.11. The number of hydrogen-bond donors (Lipinski definition) is 4. The highest BCUT2D eigenvalue weighted by molar-refractivity contribution is 6.32. The Morgan fingerprint density at radius 1 is 1.09 bits per heavy atom. The van der Waals surface area contributed by atoms with Gasteiger partial charge < -0.3 is 30.5 Å². The summed E-state index contributed by atoms with van der Waals surface area (Å²) < 4.78 is 10.8. The zero-order valence-electron chi connectivity index (χ0n) is 17.3. The molecule has 0 atom stereocenters. The summed E-state index contributed by atoms with van der Waals surface area (Å²) in [4.78, 5) is 27.8. The van der Waals surface area contributed by atoms with Crippen LogP contribution in [-0.2, 0) is 6.54 Å². The summed E-state index contributed by atoms with van der Waals surface area (Å²) >= 11 is 5.93. The standard InChI is InChI=1S/C22H21ClN4O5/c1-24-21(29)18-9-15(7-8-25-18)32-14-5-3-13(4-6-14)12-26-22(30)27-17-11-20(31-2)16(23)10-19(17)28/h3-11,28H,12H2,1-2H3,(H,24,29)(H2,26,27,30). The smallest absolute Gasteiger partial charge is 0.319 e. The summed E-state index contributed by atoms with van der Waals surface area (Å²) in [6.07, 6.45) is 1.49. The Hall–Kier alpha value is -3.98. The second-order valence-electron chi connectivity index (χ2n) is 6.51. The van der Waals surface area contributed by atoms with Crippen LogP contribution in [0.4, 0.5) is 10.5 Å². The van der Waals surface area contributed by atoms with E-state index in [0.717, 1.165) is 5.56 Å². The molecule has 0 bridgehead atoms. The van der Waals surface area contributed by atoms with Gasteiger partial charge in [-0.15, -0.1) is 0 Å². The normalized spacial score (nSPS) is 10.2. The van der Waals surface area contributed by atoms with Crippen LogP contribution in [-0.4, -0.2) is 36.2 Å². The van der Waals surface area contributed by atoms with Gasteiger partial charge in [0.2, 0.25) is 0 Å². The summed E-state index contributed by atoms with van der Waals surface area (Å²) in [5, 5.41) is 17.9. The molecule has 0 radical (unpaired) electrons. The van der Waals surface area contributed by atoms with Gasteiger partial charge in [0.15, 0.2) is 0 Å². The van der Waals surface area contributed by atoms with E-state index in [4.69, 9.17) is 21.1 Å². The van der Waals surface area contributed by atoms with E-state index in [1.165, 1.54) is 32.5 Å². The van der Waals surface area contributed by atoms with Gasteiger partial charge in [0.25, 0.3) is 5.91 Å². The molecule has 0 spiro atoms. The van der Waals surface area contributed by atoms with Crippen LogP contribution in [0.25, 0.3) is 0 Å². The van der Waals surface area contributed by atoms with E-state index < -0.39 is 6.03 Å². The van der Waals surface area contributed by atoms with Crippen molar-refractivity contribution in [1.82, 2.24) is 15.6 Å².